The minimum atomic E-state index is -0.734. The zero-order chi connectivity index (χ0) is 14.4. The molecule has 19 heavy (non-hydrogen) atoms. The number of likely N-dealkylation sites (tertiary alicyclic amines) is 1. The average molecular weight is 270 g/mol. The van der Waals surface area contributed by atoms with Crippen LogP contribution in [-0.4, -0.2) is 59.0 Å². The van der Waals surface area contributed by atoms with Gasteiger partial charge in [0.25, 0.3) is 0 Å². The molecule has 0 radical (unpaired) electrons. The van der Waals surface area contributed by atoms with E-state index in [-0.39, 0.29) is 11.8 Å². The van der Waals surface area contributed by atoms with Crippen LogP contribution in [0.15, 0.2) is 0 Å². The Labute approximate surface area is 115 Å². The van der Waals surface area contributed by atoms with Gasteiger partial charge < -0.3 is 10.0 Å². The summed E-state index contributed by atoms with van der Waals surface area (Å²) in [7, 11) is 0. The number of aliphatic carboxylic acids is 1. The molecule has 1 saturated heterocycles. The number of carbonyl (C=O) groups excluding carboxylic acids is 1. The second kappa shape index (κ2) is 7.48. The number of rotatable bonds is 6. The van der Waals surface area contributed by atoms with Gasteiger partial charge in [-0.15, -0.1) is 0 Å². The Kier molecular flexibility index (Phi) is 6.28. The van der Waals surface area contributed by atoms with Gasteiger partial charge >= 0.3 is 5.97 Å². The highest BCUT2D eigenvalue weighted by atomic mass is 16.4. The van der Waals surface area contributed by atoms with E-state index in [0.29, 0.717) is 38.5 Å². The number of hydrogen-bond donors (Lipinski definition) is 1. The number of carbonyl (C=O) groups is 2. The minimum absolute atomic E-state index is 0.131. The molecule has 1 heterocycles. The molecular weight excluding hydrogens is 244 g/mol. The lowest BCUT2D eigenvalue weighted by atomic mass is 9.97. The number of carboxylic acid groups (broad SMARTS) is 1. The second-order valence-electron chi connectivity index (χ2n) is 5.31. The first-order valence-corrected chi connectivity index (χ1v) is 7.24. The molecule has 1 unspecified atom stereocenters. The number of nitrogens with zero attached hydrogens (tertiary/aromatic N) is 2. The van der Waals surface area contributed by atoms with Crippen LogP contribution in [0.2, 0.25) is 0 Å². The first-order valence-electron chi connectivity index (χ1n) is 7.24. The predicted octanol–water partition coefficient (Wildman–Crippen LogP) is 1.43. The maximum Gasteiger partial charge on any atom is 0.306 e. The van der Waals surface area contributed by atoms with Gasteiger partial charge in [0.2, 0.25) is 5.91 Å². The summed E-state index contributed by atoms with van der Waals surface area (Å²) >= 11 is 0. The van der Waals surface area contributed by atoms with Crippen LogP contribution >= 0.6 is 0 Å². The Morgan fingerprint density at radius 2 is 1.89 bits per heavy atom. The van der Waals surface area contributed by atoms with Gasteiger partial charge in [-0.2, -0.15) is 0 Å². The van der Waals surface area contributed by atoms with Gasteiger partial charge in [0.15, 0.2) is 0 Å². The van der Waals surface area contributed by atoms with E-state index in [1.54, 1.807) is 0 Å². The standard InChI is InChI=1S/C14H26N2O3/c1-4-11(3)15(5-2)10-13(17)16-8-6-12(7-9-16)14(18)19/h11-12H,4-10H2,1-3H3,(H,18,19). The number of hydrogen-bond acceptors (Lipinski definition) is 3. The van der Waals surface area contributed by atoms with Crippen LogP contribution in [0.3, 0.4) is 0 Å². The summed E-state index contributed by atoms with van der Waals surface area (Å²) in [5.74, 6) is -0.881. The number of likely N-dealkylation sites (N-methyl/N-ethyl adjacent to an activating group) is 1. The lowest BCUT2D eigenvalue weighted by molar-refractivity contribution is -0.146. The van der Waals surface area contributed by atoms with Crippen molar-refractivity contribution in [2.24, 2.45) is 5.92 Å². The van der Waals surface area contributed by atoms with Gasteiger partial charge in [0.05, 0.1) is 12.5 Å². The van der Waals surface area contributed by atoms with Crippen molar-refractivity contribution in [2.45, 2.75) is 46.1 Å². The lowest BCUT2D eigenvalue weighted by Gasteiger charge is -2.33. The van der Waals surface area contributed by atoms with Crippen LogP contribution < -0.4 is 0 Å². The predicted molar refractivity (Wildman–Crippen MR) is 73.9 cm³/mol. The summed E-state index contributed by atoms with van der Waals surface area (Å²) < 4.78 is 0. The van der Waals surface area contributed by atoms with Crippen molar-refractivity contribution < 1.29 is 14.7 Å². The van der Waals surface area contributed by atoms with Crippen molar-refractivity contribution in [1.82, 2.24) is 9.80 Å². The topological polar surface area (TPSA) is 60.9 Å². The molecule has 0 aromatic heterocycles. The van der Waals surface area contributed by atoms with Crippen LogP contribution in [0, 0.1) is 5.92 Å². The summed E-state index contributed by atoms with van der Waals surface area (Å²) in [6.45, 7) is 8.79. The minimum Gasteiger partial charge on any atom is -0.481 e. The molecule has 0 saturated carbocycles. The smallest absolute Gasteiger partial charge is 0.306 e. The van der Waals surface area contributed by atoms with Crippen LogP contribution in [0.1, 0.15) is 40.0 Å². The van der Waals surface area contributed by atoms with Crippen molar-refractivity contribution in [3.8, 4) is 0 Å². The van der Waals surface area contributed by atoms with Crippen molar-refractivity contribution in [3.05, 3.63) is 0 Å². The molecule has 5 heteroatoms. The molecule has 1 atom stereocenters. The highest BCUT2D eigenvalue weighted by Crippen LogP contribution is 2.17. The third-order valence-corrected chi connectivity index (χ3v) is 4.16. The quantitative estimate of drug-likeness (QED) is 0.793. The van der Waals surface area contributed by atoms with E-state index in [1.165, 1.54) is 0 Å². The molecule has 0 aliphatic carbocycles. The third kappa shape index (κ3) is 4.49. The molecule has 0 spiro atoms. The average Bonchev–Trinajstić information content (AvgIpc) is 2.43. The maximum atomic E-state index is 12.2. The fourth-order valence-electron chi connectivity index (χ4n) is 2.49. The van der Waals surface area contributed by atoms with Crippen molar-refractivity contribution >= 4 is 11.9 Å². The molecule has 1 aliphatic rings. The molecule has 110 valence electrons. The monoisotopic (exact) mass is 270 g/mol. The molecule has 1 aliphatic heterocycles. The molecule has 1 rings (SSSR count). The summed E-state index contributed by atoms with van der Waals surface area (Å²) in [6, 6.07) is 0.408. The molecule has 1 N–H and O–H groups in total. The van der Waals surface area contributed by atoms with E-state index in [1.807, 2.05) is 4.90 Å². The van der Waals surface area contributed by atoms with Gasteiger partial charge in [-0.1, -0.05) is 13.8 Å². The largest absolute Gasteiger partial charge is 0.481 e. The van der Waals surface area contributed by atoms with E-state index in [4.69, 9.17) is 5.11 Å². The Balaban J connectivity index is 2.44. The number of piperidine rings is 1. The zero-order valence-corrected chi connectivity index (χ0v) is 12.3. The molecule has 1 amide bonds. The Morgan fingerprint density at radius 1 is 1.32 bits per heavy atom. The number of amides is 1. The maximum absolute atomic E-state index is 12.2. The molecule has 5 nitrogen and oxygen atoms in total. The van der Waals surface area contributed by atoms with Crippen molar-refractivity contribution in [2.75, 3.05) is 26.2 Å². The van der Waals surface area contributed by atoms with Crippen LogP contribution in [0.25, 0.3) is 0 Å². The second-order valence-corrected chi connectivity index (χ2v) is 5.31. The lowest BCUT2D eigenvalue weighted by Crippen LogP contribution is -2.46. The van der Waals surface area contributed by atoms with Crippen LogP contribution in [-0.2, 0) is 9.59 Å². The first kappa shape index (κ1) is 16.0. The molecule has 1 fully saturated rings. The van der Waals surface area contributed by atoms with Crippen molar-refractivity contribution in [1.29, 1.82) is 0 Å². The van der Waals surface area contributed by atoms with Crippen LogP contribution in [0.4, 0.5) is 0 Å². The highest BCUT2D eigenvalue weighted by Gasteiger charge is 2.27. The van der Waals surface area contributed by atoms with Crippen LogP contribution in [0.5, 0.6) is 0 Å². The van der Waals surface area contributed by atoms with Gasteiger partial charge in [-0.25, -0.2) is 0 Å². The highest BCUT2D eigenvalue weighted by molar-refractivity contribution is 5.79. The van der Waals surface area contributed by atoms with Gasteiger partial charge in [-0.3, -0.25) is 14.5 Å². The van der Waals surface area contributed by atoms with Gasteiger partial charge in [0, 0.05) is 19.1 Å². The fourth-order valence-corrected chi connectivity index (χ4v) is 2.49. The molecule has 0 bridgehead atoms. The van der Waals surface area contributed by atoms with Crippen molar-refractivity contribution in [3.63, 3.8) is 0 Å². The Morgan fingerprint density at radius 3 is 2.32 bits per heavy atom. The van der Waals surface area contributed by atoms with E-state index in [9.17, 15) is 9.59 Å². The molecule has 0 aromatic carbocycles. The normalized spacial score (nSPS) is 18.6. The van der Waals surface area contributed by atoms with E-state index in [2.05, 4.69) is 25.7 Å². The van der Waals surface area contributed by atoms with E-state index in [0.717, 1.165) is 13.0 Å². The van der Waals surface area contributed by atoms with E-state index >= 15 is 0 Å². The SMILES string of the molecule is CCC(C)N(CC)CC(=O)N1CCC(C(=O)O)CC1. The molecule has 0 aromatic rings. The van der Waals surface area contributed by atoms with Gasteiger partial charge in [0.1, 0.15) is 0 Å². The Hall–Kier alpha value is -1.10. The summed E-state index contributed by atoms with van der Waals surface area (Å²) in [5.41, 5.74) is 0. The summed E-state index contributed by atoms with van der Waals surface area (Å²) in [4.78, 5) is 27.1. The zero-order valence-electron chi connectivity index (χ0n) is 12.3. The van der Waals surface area contributed by atoms with E-state index < -0.39 is 5.97 Å². The summed E-state index contributed by atoms with van der Waals surface area (Å²) in [5, 5.41) is 8.94. The molecular formula is C14H26N2O3. The first-order chi connectivity index (χ1) is 8.99. The fraction of sp³-hybridized carbons (Fsp3) is 0.857. The van der Waals surface area contributed by atoms with Gasteiger partial charge in [-0.05, 0) is 32.7 Å². The third-order valence-electron chi connectivity index (χ3n) is 4.16. The number of carboxylic acids is 1. The Bertz CT molecular complexity index is 312. The summed E-state index contributed by atoms with van der Waals surface area (Å²) in [6.07, 6.45) is 2.19.